The second-order valence-electron chi connectivity index (χ2n) is 6.43. The van der Waals surface area contributed by atoms with Gasteiger partial charge >= 0.3 is 0 Å². The first-order chi connectivity index (χ1) is 13.8. The summed E-state index contributed by atoms with van der Waals surface area (Å²) in [6.45, 7) is 0. The smallest absolute Gasteiger partial charge is 0.291 e. The number of carbonyl (C=O) groups is 1. The fourth-order valence-corrected chi connectivity index (χ4v) is 4.25. The number of nitrogens with zero attached hydrogens (tertiary/aromatic N) is 5. The molecule has 1 aliphatic rings. The van der Waals surface area contributed by atoms with E-state index in [2.05, 4.69) is 25.5 Å². The molecule has 1 unspecified atom stereocenters. The second kappa shape index (κ2) is 7.01. The van der Waals surface area contributed by atoms with E-state index in [4.69, 9.17) is 0 Å². The van der Waals surface area contributed by atoms with E-state index in [0.717, 1.165) is 16.4 Å². The van der Waals surface area contributed by atoms with Gasteiger partial charge in [0.2, 0.25) is 5.82 Å². The highest BCUT2D eigenvalue weighted by molar-refractivity contribution is 7.99. The molecule has 4 aromatic rings. The number of aromatic nitrogens is 6. The van der Waals surface area contributed by atoms with Crippen molar-refractivity contribution < 1.29 is 4.79 Å². The number of hydrogen-bond donors (Lipinski definition) is 2. The molecule has 140 valence electrons. The van der Waals surface area contributed by atoms with Gasteiger partial charge in [-0.25, -0.2) is 19.3 Å². The third-order valence-electron chi connectivity index (χ3n) is 4.54. The van der Waals surface area contributed by atoms with Gasteiger partial charge in [-0.1, -0.05) is 30.3 Å². The lowest BCUT2D eigenvalue weighted by atomic mass is 10.1. The van der Waals surface area contributed by atoms with Crippen LogP contribution in [-0.2, 0) is 6.42 Å². The highest BCUT2D eigenvalue weighted by Gasteiger charge is 2.26. The minimum atomic E-state index is -0.317. The molecule has 0 saturated carbocycles. The standard InChI is InChI=1S/C19H17N7OS/c27-19(17-22-15(23-24-17)11-13-5-2-1-3-6-13)21-14-12-28-16-7-4-9-25(16)26-10-8-20-18(14)26/h1-10,14H,11-12H2,(H,21,27)(H,22,23,24). The van der Waals surface area contributed by atoms with Crippen molar-refractivity contribution in [1.29, 1.82) is 0 Å². The Bertz CT molecular complexity index is 1110. The van der Waals surface area contributed by atoms with Crippen molar-refractivity contribution in [3.63, 3.8) is 0 Å². The third-order valence-corrected chi connectivity index (χ3v) is 5.66. The maximum Gasteiger partial charge on any atom is 0.291 e. The van der Waals surface area contributed by atoms with Crippen LogP contribution >= 0.6 is 11.8 Å². The summed E-state index contributed by atoms with van der Waals surface area (Å²) in [7, 11) is 0. The highest BCUT2D eigenvalue weighted by Crippen LogP contribution is 2.29. The first-order valence-corrected chi connectivity index (χ1v) is 9.86. The SMILES string of the molecule is O=C(NC1CSc2cccn2-n2ccnc21)c1n[nH]c(Cc2ccccc2)n1. The molecule has 28 heavy (non-hydrogen) atoms. The Balaban J connectivity index is 1.33. The molecule has 5 rings (SSSR count). The number of nitrogens with one attached hydrogen (secondary N) is 2. The summed E-state index contributed by atoms with van der Waals surface area (Å²) in [5.74, 6) is 1.92. The van der Waals surface area contributed by atoms with Gasteiger partial charge in [-0.3, -0.25) is 9.89 Å². The zero-order chi connectivity index (χ0) is 18.9. The van der Waals surface area contributed by atoms with Crippen molar-refractivity contribution >= 4 is 17.7 Å². The van der Waals surface area contributed by atoms with E-state index in [1.54, 1.807) is 18.0 Å². The van der Waals surface area contributed by atoms with Crippen LogP contribution in [0.4, 0.5) is 0 Å². The van der Waals surface area contributed by atoms with E-state index >= 15 is 0 Å². The first-order valence-electron chi connectivity index (χ1n) is 8.88. The number of thioether (sulfide) groups is 1. The zero-order valence-corrected chi connectivity index (χ0v) is 15.6. The molecule has 0 radical (unpaired) electrons. The molecular formula is C19H17N7OS. The fraction of sp³-hybridized carbons (Fsp3) is 0.158. The number of aromatic amines is 1. The van der Waals surface area contributed by atoms with Crippen LogP contribution in [0.1, 0.15) is 33.9 Å². The molecule has 1 atom stereocenters. The van der Waals surface area contributed by atoms with Gasteiger partial charge in [0.05, 0.1) is 11.1 Å². The van der Waals surface area contributed by atoms with Crippen molar-refractivity contribution in [2.24, 2.45) is 0 Å². The van der Waals surface area contributed by atoms with Gasteiger partial charge in [0.1, 0.15) is 5.82 Å². The normalized spacial score (nSPS) is 15.5. The number of rotatable bonds is 4. The predicted molar refractivity (Wildman–Crippen MR) is 104 cm³/mol. The second-order valence-corrected chi connectivity index (χ2v) is 7.47. The van der Waals surface area contributed by atoms with Crippen LogP contribution in [0.15, 0.2) is 66.1 Å². The number of amides is 1. The third kappa shape index (κ3) is 3.09. The van der Waals surface area contributed by atoms with E-state index in [0.29, 0.717) is 18.0 Å². The number of hydrogen-bond acceptors (Lipinski definition) is 5. The summed E-state index contributed by atoms with van der Waals surface area (Å²) in [6.07, 6.45) is 6.19. The molecule has 1 amide bonds. The van der Waals surface area contributed by atoms with Crippen molar-refractivity contribution in [2.45, 2.75) is 17.5 Å². The molecule has 3 aromatic heterocycles. The zero-order valence-electron chi connectivity index (χ0n) is 14.8. The number of imidazole rings is 1. The molecule has 2 N–H and O–H groups in total. The van der Waals surface area contributed by atoms with Gasteiger partial charge in [0.25, 0.3) is 5.91 Å². The average molecular weight is 391 g/mol. The van der Waals surface area contributed by atoms with Crippen molar-refractivity contribution in [3.05, 3.63) is 84.1 Å². The molecule has 0 aliphatic carbocycles. The van der Waals surface area contributed by atoms with E-state index in [-0.39, 0.29) is 17.8 Å². The van der Waals surface area contributed by atoms with Gasteiger partial charge in [-0.05, 0) is 17.7 Å². The number of benzene rings is 1. The van der Waals surface area contributed by atoms with Crippen LogP contribution in [0.2, 0.25) is 0 Å². The molecular weight excluding hydrogens is 374 g/mol. The van der Waals surface area contributed by atoms with Gasteiger partial charge in [0, 0.05) is 30.8 Å². The van der Waals surface area contributed by atoms with E-state index < -0.39 is 0 Å². The summed E-state index contributed by atoms with van der Waals surface area (Å²) >= 11 is 1.67. The minimum Gasteiger partial charge on any atom is -0.338 e. The Morgan fingerprint density at radius 1 is 1.18 bits per heavy atom. The number of fused-ring (bicyclic) bond motifs is 3. The summed E-state index contributed by atoms with van der Waals surface area (Å²) < 4.78 is 3.96. The molecule has 0 spiro atoms. The van der Waals surface area contributed by atoms with Crippen LogP contribution in [0.5, 0.6) is 0 Å². The highest BCUT2D eigenvalue weighted by atomic mass is 32.2. The first kappa shape index (κ1) is 16.8. The Morgan fingerprint density at radius 3 is 2.96 bits per heavy atom. The van der Waals surface area contributed by atoms with Gasteiger partial charge < -0.3 is 5.32 Å². The fourth-order valence-electron chi connectivity index (χ4n) is 3.23. The molecule has 0 fully saturated rings. The molecule has 9 heteroatoms. The molecule has 4 heterocycles. The van der Waals surface area contributed by atoms with Crippen molar-refractivity contribution in [2.75, 3.05) is 5.75 Å². The largest absolute Gasteiger partial charge is 0.338 e. The Labute approximate surface area is 165 Å². The average Bonchev–Trinajstić information content (AvgIpc) is 3.45. The molecule has 1 aromatic carbocycles. The Hall–Kier alpha value is -3.33. The summed E-state index contributed by atoms with van der Waals surface area (Å²) in [6, 6.07) is 13.7. The Morgan fingerprint density at radius 2 is 2.07 bits per heavy atom. The van der Waals surface area contributed by atoms with Crippen LogP contribution in [0.25, 0.3) is 0 Å². The number of H-pyrrole nitrogens is 1. The van der Waals surface area contributed by atoms with E-state index in [1.807, 2.05) is 64.2 Å². The van der Waals surface area contributed by atoms with Gasteiger partial charge in [-0.15, -0.1) is 16.9 Å². The number of carbonyl (C=O) groups excluding carboxylic acids is 1. The van der Waals surface area contributed by atoms with E-state index in [9.17, 15) is 4.79 Å². The maximum atomic E-state index is 12.7. The van der Waals surface area contributed by atoms with Crippen molar-refractivity contribution in [3.8, 4) is 0 Å². The molecule has 1 aliphatic heterocycles. The summed E-state index contributed by atoms with van der Waals surface area (Å²) in [5, 5.41) is 11.1. The minimum absolute atomic E-state index is 0.137. The monoisotopic (exact) mass is 391 g/mol. The van der Waals surface area contributed by atoms with E-state index in [1.165, 1.54) is 0 Å². The predicted octanol–water partition coefficient (Wildman–Crippen LogP) is 2.28. The van der Waals surface area contributed by atoms with Crippen molar-refractivity contribution in [1.82, 2.24) is 34.8 Å². The topological polar surface area (TPSA) is 93.4 Å². The lowest BCUT2D eigenvalue weighted by molar-refractivity contribution is 0.0928. The van der Waals surface area contributed by atoms with Gasteiger partial charge in [0.15, 0.2) is 5.82 Å². The van der Waals surface area contributed by atoms with Crippen LogP contribution in [0.3, 0.4) is 0 Å². The van der Waals surface area contributed by atoms with Gasteiger partial charge in [-0.2, -0.15) is 0 Å². The lowest BCUT2D eigenvalue weighted by Crippen LogP contribution is -2.32. The van der Waals surface area contributed by atoms with Crippen LogP contribution in [0, 0.1) is 0 Å². The summed E-state index contributed by atoms with van der Waals surface area (Å²) in [5.41, 5.74) is 1.11. The molecule has 0 saturated heterocycles. The van der Waals surface area contributed by atoms with Crippen LogP contribution in [-0.4, -0.2) is 41.2 Å². The molecule has 0 bridgehead atoms. The molecule has 8 nitrogen and oxygen atoms in total. The lowest BCUT2D eigenvalue weighted by Gasteiger charge is -2.15. The quantitative estimate of drug-likeness (QED) is 0.557. The Kier molecular flexibility index (Phi) is 4.21. The maximum absolute atomic E-state index is 12.7. The van der Waals surface area contributed by atoms with Crippen LogP contribution < -0.4 is 5.32 Å². The summed E-state index contributed by atoms with van der Waals surface area (Å²) in [4.78, 5) is 21.5.